The van der Waals surface area contributed by atoms with E-state index in [0.29, 0.717) is 24.2 Å². The molecular weight excluding hydrogens is 418 g/mol. The van der Waals surface area contributed by atoms with Gasteiger partial charge in [0.1, 0.15) is 0 Å². The molecule has 1 unspecified atom stereocenters. The highest BCUT2D eigenvalue weighted by molar-refractivity contribution is 7.89. The molecule has 0 spiro atoms. The zero-order chi connectivity index (χ0) is 21.5. The summed E-state index contributed by atoms with van der Waals surface area (Å²) in [7, 11) is -1.68. The topological polar surface area (TPSA) is 71.7 Å². The van der Waals surface area contributed by atoms with Crippen LogP contribution in [-0.2, 0) is 21.9 Å². The first-order chi connectivity index (χ1) is 14.3. The number of aryl methyl sites for hydroxylation is 3. The molecule has 158 valence electrons. The number of benzene rings is 2. The van der Waals surface area contributed by atoms with Crippen LogP contribution in [-0.4, -0.2) is 36.3 Å². The maximum Gasteiger partial charge on any atom is 0.252 e. The monoisotopic (exact) mass is 443 g/mol. The van der Waals surface area contributed by atoms with Crippen molar-refractivity contribution in [1.82, 2.24) is 8.87 Å². The van der Waals surface area contributed by atoms with Crippen molar-refractivity contribution < 1.29 is 13.2 Å². The van der Waals surface area contributed by atoms with E-state index in [1.165, 1.54) is 26.8 Å². The Bertz CT molecular complexity index is 1270. The van der Waals surface area contributed by atoms with Crippen LogP contribution in [0.1, 0.15) is 24.0 Å². The number of hydrogen-bond donors (Lipinski definition) is 0. The minimum atomic E-state index is -3.60. The summed E-state index contributed by atoms with van der Waals surface area (Å²) < 4.78 is 30.3. The van der Waals surface area contributed by atoms with Crippen molar-refractivity contribution in [3.05, 3.63) is 58.4 Å². The summed E-state index contributed by atoms with van der Waals surface area (Å²) in [5.41, 5.74) is 3.46. The van der Waals surface area contributed by atoms with E-state index >= 15 is 0 Å². The molecule has 1 fully saturated rings. The molecule has 1 amide bonds. The molecule has 3 aromatic rings. The fourth-order valence-corrected chi connectivity index (χ4v) is 6.55. The second-order valence-electron chi connectivity index (χ2n) is 7.76. The molecule has 1 aliphatic heterocycles. The van der Waals surface area contributed by atoms with Gasteiger partial charge in [0.25, 0.3) is 5.91 Å². The average molecular weight is 444 g/mol. The Morgan fingerprint density at radius 3 is 2.60 bits per heavy atom. The summed E-state index contributed by atoms with van der Waals surface area (Å²) in [4.78, 5) is 18.3. The van der Waals surface area contributed by atoms with Gasteiger partial charge in [-0.3, -0.25) is 4.79 Å². The van der Waals surface area contributed by atoms with Crippen LogP contribution in [0.4, 0.5) is 0 Å². The van der Waals surface area contributed by atoms with Crippen LogP contribution in [0.25, 0.3) is 10.2 Å². The SMILES string of the molecule is Cc1ccc2sc(=NC(=O)C3CCCN(S(=O)(=O)c4ccccc4)C3)n(C)c2c1C. The van der Waals surface area contributed by atoms with Crippen LogP contribution in [0, 0.1) is 19.8 Å². The van der Waals surface area contributed by atoms with Crippen molar-refractivity contribution in [3.8, 4) is 0 Å². The van der Waals surface area contributed by atoms with Gasteiger partial charge in [0.05, 0.1) is 21.0 Å². The number of sulfonamides is 1. The van der Waals surface area contributed by atoms with Crippen molar-refractivity contribution in [2.24, 2.45) is 18.0 Å². The number of rotatable bonds is 3. The van der Waals surface area contributed by atoms with E-state index in [1.807, 2.05) is 11.6 Å². The van der Waals surface area contributed by atoms with Crippen LogP contribution in [0.15, 0.2) is 52.4 Å². The van der Waals surface area contributed by atoms with Crippen molar-refractivity contribution in [2.45, 2.75) is 31.6 Å². The standard InChI is InChI=1S/C22H25N3O3S2/c1-15-11-12-19-20(16(15)2)24(3)22(29-19)23-21(26)17-8-7-13-25(14-17)30(27,28)18-9-5-4-6-10-18/h4-6,9-12,17H,7-8,13-14H2,1-3H3. The van der Waals surface area contributed by atoms with Crippen molar-refractivity contribution >= 4 is 37.5 Å². The van der Waals surface area contributed by atoms with E-state index in [9.17, 15) is 13.2 Å². The number of fused-ring (bicyclic) bond motifs is 1. The van der Waals surface area contributed by atoms with Crippen LogP contribution in [0.2, 0.25) is 0 Å². The first-order valence-electron chi connectivity index (χ1n) is 9.98. The van der Waals surface area contributed by atoms with Crippen LogP contribution in [0.5, 0.6) is 0 Å². The Morgan fingerprint density at radius 1 is 1.13 bits per heavy atom. The predicted octanol–water partition coefficient (Wildman–Crippen LogP) is 3.38. The lowest BCUT2D eigenvalue weighted by Crippen LogP contribution is -2.42. The smallest absolute Gasteiger partial charge is 0.252 e. The van der Waals surface area contributed by atoms with Crippen molar-refractivity contribution in [1.29, 1.82) is 0 Å². The second-order valence-corrected chi connectivity index (χ2v) is 10.7. The van der Waals surface area contributed by atoms with Crippen molar-refractivity contribution in [3.63, 3.8) is 0 Å². The van der Waals surface area contributed by atoms with E-state index in [0.717, 1.165) is 10.2 Å². The number of piperidine rings is 1. The lowest BCUT2D eigenvalue weighted by molar-refractivity contribution is -0.122. The number of carbonyl (C=O) groups is 1. The van der Waals surface area contributed by atoms with Gasteiger partial charge in [0.15, 0.2) is 4.80 Å². The number of aromatic nitrogens is 1. The molecule has 1 atom stereocenters. The first kappa shape index (κ1) is 21.0. The Kier molecular flexibility index (Phi) is 5.65. The van der Waals surface area contributed by atoms with Gasteiger partial charge in [-0.15, -0.1) is 0 Å². The molecule has 8 heteroatoms. The number of carbonyl (C=O) groups excluding carboxylic acids is 1. The molecule has 1 saturated heterocycles. The largest absolute Gasteiger partial charge is 0.319 e. The first-order valence-corrected chi connectivity index (χ1v) is 12.2. The van der Waals surface area contributed by atoms with Gasteiger partial charge in [0.2, 0.25) is 10.0 Å². The summed E-state index contributed by atoms with van der Waals surface area (Å²) >= 11 is 1.49. The zero-order valence-corrected chi connectivity index (χ0v) is 19.0. The molecule has 0 aliphatic carbocycles. The van der Waals surface area contributed by atoms with Gasteiger partial charge in [-0.25, -0.2) is 8.42 Å². The molecule has 2 aromatic carbocycles. The third-order valence-electron chi connectivity index (χ3n) is 5.81. The Morgan fingerprint density at radius 2 is 1.87 bits per heavy atom. The van der Waals surface area contributed by atoms with Gasteiger partial charge in [-0.1, -0.05) is 35.6 Å². The van der Waals surface area contributed by atoms with Crippen LogP contribution < -0.4 is 4.80 Å². The molecule has 0 N–H and O–H groups in total. The molecule has 6 nitrogen and oxygen atoms in total. The highest BCUT2D eigenvalue weighted by atomic mass is 32.2. The minimum absolute atomic E-state index is 0.173. The fourth-order valence-electron chi connectivity index (χ4n) is 3.93. The molecule has 1 aliphatic rings. The van der Waals surface area contributed by atoms with E-state index < -0.39 is 15.9 Å². The second kappa shape index (κ2) is 8.09. The number of thiazole rings is 1. The molecule has 0 radical (unpaired) electrons. The normalized spacial score (nSPS) is 18.8. The third kappa shape index (κ3) is 3.75. The van der Waals surface area contributed by atoms with E-state index in [-0.39, 0.29) is 17.3 Å². The van der Waals surface area contributed by atoms with E-state index in [2.05, 4.69) is 31.0 Å². The van der Waals surface area contributed by atoms with Crippen LogP contribution in [0.3, 0.4) is 0 Å². The number of nitrogens with zero attached hydrogens (tertiary/aromatic N) is 3. The molecule has 1 aromatic heterocycles. The highest BCUT2D eigenvalue weighted by Gasteiger charge is 2.33. The van der Waals surface area contributed by atoms with Gasteiger partial charge in [-0.2, -0.15) is 9.30 Å². The van der Waals surface area contributed by atoms with Crippen molar-refractivity contribution in [2.75, 3.05) is 13.1 Å². The van der Waals surface area contributed by atoms with Gasteiger partial charge >= 0.3 is 0 Å². The maximum atomic E-state index is 13.0. The minimum Gasteiger partial charge on any atom is -0.319 e. The Labute approximate surface area is 180 Å². The van der Waals surface area contributed by atoms with Gasteiger partial charge < -0.3 is 4.57 Å². The molecule has 0 bridgehead atoms. The lowest BCUT2D eigenvalue weighted by Gasteiger charge is -2.30. The molecule has 4 rings (SSSR count). The van der Waals surface area contributed by atoms with E-state index in [1.54, 1.807) is 30.3 Å². The summed E-state index contributed by atoms with van der Waals surface area (Å²) in [6.07, 6.45) is 1.30. The quantitative estimate of drug-likeness (QED) is 0.623. The maximum absolute atomic E-state index is 13.0. The van der Waals surface area contributed by atoms with Gasteiger partial charge in [0, 0.05) is 20.1 Å². The Hall–Kier alpha value is -2.29. The Balaban J connectivity index is 1.62. The molecule has 0 saturated carbocycles. The van der Waals surface area contributed by atoms with E-state index in [4.69, 9.17) is 0 Å². The third-order valence-corrected chi connectivity index (χ3v) is 8.79. The predicted molar refractivity (Wildman–Crippen MR) is 119 cm³/mol. The average Bonchev–Trinajstić information content (AvgIpc) is 3.07. The number of amides is 1. The summed E-state index contributed by atoms with van der Waals surface area (Å²) in [5, 5.41) is 0. The summed E-state index contributed by atoms with van der Waals surface area (Å²) in [5.74, 6) is -0.676. The highest BCUT2D eigenvalue weighted by Crippen LogP contribution is 2.25. The summed E-state index contributed by atoms with van der Waals surface area (Å²) in [6, 6.07) is 12.5. The molecule has 2 heterocycles. The van der Waals surface area contributed by atoms with Gasteiger partial charge in [-0.05, 0) is 56.0 Å². The fraction of sp³-hybridized carbons (Fsp3) is 0.364. The lowest BCUT2D eigenvalue weighted by atomic mass is 9.99. The molecular formula is C22H25N3O3S2. The zero-order valence-electron chi connectivity index (χ0n) is 17.3. The molecule has 30 heavy (non-hydrogen) atoms. The summed E-state index contributed by atoms with van der Waals surface area (Å²) in [6.45, 7) is 4.74. The number of hydrogen-bond acceptors (Lipinski definition) is 4. The van der Waals surface area contributed by atoms with Crippen LogP contribution >= 0.6 is 11.3 Å².